The van der Waals surface area contributed by atoms with Crippen LogP contribution in [-0.4, -0.2) is 24.1 Å². The van der Waals surface area contributed by atoms with Crippen LogP contribution in [0.4, 0.5) is 5.82 Å². The second kappa shape index (κ2) is 5.27. The summed E-state index contributed by atoms with van der Waals surface area (Å²) >= 11 is 5.66. The number of nitrogens with zero attached hydrogens (tertiary/aromatic N) is 2. The lowest BCUT2D eigenvalue weighted by molar-refractivity contribution is 0.597. The monoisotopic (exact) mass is 249 g/mol. The van der Waals surface area contributed by atoms with Crippen molar-refractivity contribution in [3.05, 3.63) is 17.5 Å². The zero-order chi connectivity index (χ0) is 11.3. The van der Waals surface area contributed by atoms with Crippen molar-refractivity contribution in [2.24, 2.45) is 0 Å². The maximum atomic E-state index is 11.5. The molecule has 0 aliphatic carbocycles. The first-order chi connectivity index (χ1) is 7.05. The summed E-state index contributed by atoms with van der Waals surface area (Å²) in [5, 5.41) is 0.0533. The third-order valence-electron chi connectivity index (χ3n) is 1.67. The average molecular weight is 250 g/mol. The van der Waals surface area contributed by atoms with Crippen LogP contribution in [0.1, 0.15) is 19.8 Å². The highest BCUT2D eigenvalue weighted by Gasteiger charge is 2.12. The highest BCUT2D eigenvalue weighted by molar-refractivity contribution is 7.92. The molecule has 0 saturated carbocycles. The molecule has 1 rings (SSSR count). The third kappa shape index (κ3) is 4.01. The SMILES string of the molecule is CCCCS(=O)(=O)Nc1nccnc1Cl. The average Bonchev–Trinajstić information content (AvgIpc) is 2.18. The molecule has 0 radical (unpaired) electrons. The van der Waals surface area contributed by atoms with Crippen molar-refractivity contribution < 1.29 is 8.42 Å². The van der Waals surface area contributed by atoms with Gasteiger partial charge in [-0.05, 0) is 6.42 Å². The van der Waals surface area contributed by atoms with E-state index in [9.17, 15) is 8.42 Å². The lowest BCUT2D eigenvalue weighted by Gasteiger charge is -2.06. The Labute approximate surface area is 93.9 Å². The van der Waals surface area contributed by atoms with Crippen molar-refractivity contribution in [2.45, 2.75) is 19.8 Å². The molecule has 7 heteroatoms. The van der Waals surface area contributed by atoms with Gasteiger partial charge in [-0.3, -0.25) is 4.72 Å². The van der Waals surface area contributed by atoms with E-state index in [0.29, 0.717) is 6.42 Å². The van der Waals surface area contributed by atoms with Crippen LogP contribution in [0.5, 0.6) is 0 Å². The van der Waals surface area contributed by atoms with Crippen LogP contribution in [-0.2, 0) is 10.0 Å². The molecule has 5 nitrogen and oxygen atoms in total. The Kier molecular flexibility index (Phi) is 4.28. The van der Waals surface area contributed by atoms with Crippen molar-refractivity contribution in [3.8, 4) is 0 Å². The molecule has 0 fully saturated rings. The molecule has 1 aromatic heterocycles. The molecule has 0 atom stereocenters. The molecule has 0 unspecified atom stereocenters. The van der Waals surface area contributed by atoms with Gasteiger partial charge in [0.05, 0.1) is 5.75 Å². The summed E-state index contributed by atoms with van der Waals surface area (Å²) in [6, 6.07) is 0. The summed E-state index contributed by atoms with van der Waals surface area (Å²) in [5.74, 6) is 0.145. The smallest absolute Gasteiger partial charge is 0.233 e. The van der Waals surface area contributed by atoms with Crippen LogP contribution >= 0.6 is 11.6 Å². The van der Waals surface area contributed by atoms with Crippen molar-refractivity contribution in [3.63, 3.8) is 0 Å². The van der Waals surface area contributed by atoms with Gasteiger partial charge in [0.1, 0.15) is 0 Å². The van der Waals surface area contributed by atoms with E-state index in [1.165, 1.54) is 12.4 Å². The summed E-state index contributed by atoms with van der Waals surface area (Å²) in [6.07, 6.45) is 4.19. The first kappa shape index (κ1) is 12.2. The summed E-state index contributed by atoms with van der Waals surface area (Å²) < 4.78 is 25.2. The highest BCUT2D eigenvalue weighted by Crippen LogP contribution is 2.15. The summed E-state index contributed by atoms with van der Waals surface area (Å²) in [6.45, 7) is 1.92. The Morgan fingerprint density at radius 1 is 1.40 bits per heavy atom. The second-order valence-corrected chi connectivity index (χ2v) is 5.17. The Hall–Kier alpha value is -0.880. The molecule has 1 heterocycles. The molecule has 0 saturated heterocycles. The number of hydrogen-bond acceptors (Lipinski definition) is 4. The molecule has 15 heavy (non-hydrogen) atoms. The van der Waals surface area contributed by atoms with Crippen molar-refractivity contribution in [2.75, 3.05) is 10.5 Å². The van der Waals surface area contributed by atoms with Crippen LogP contribution in [0.15, 0.2) is 12.4 Å². The van der Waals surface area contributed by atoms with E-state index >= 15 is 0 Å². The van der Waals surface area contributed by atoms with Crippen LogP contribution in [0.3, 0.4) is 0 Å². The molecule has 1 N–H and O–H groups in total. The van der Waals surface area contributed by atoms with Gasteiger partial charge in [0, 0.05) is 12.4 Å². The largest absolute Gasteiger partial charge is 0.265 e. The molecule has 84 valence electrons. The van der Waals surface area contributed by atoms with Gasteiger partial charge in [0.2, 0.25) is 10.0 Å². The number of anilines is 1. The third-order valence-corrected chi connectivity index (χ3v) is 3.28. The lowest BCUT2D eigenvalue weighted by Crippen LogP contribution is -2.17. The number of hydrogen-bond donors (Lipinski definition) is 1. The molecule has 0 aliphatic heterocycles. The fraction of sp³-hybridized carbons (Fsp3) is 0.500. The summed E-state index contributed by atoms with van der Waals surface area (Å²) in [5.41, 5.74) is 0. The molecule has 0 spiro atoms. The molecule has 0 aromatic carbocycles. The van der Waals surface area contributed by atoms with Gasteiger partial charge in [0.25, 0.3) is 0 Å². The van der Waals surface area contributed by atoms with Crippen molar-refractivity contribution in [1.82, 2.24) is 9.97 Å². The number of nitrogens with one attached hydrogen (secondary N) is 1. The van der Waals surface area contributed by atoms with Crippen LogP contribution in [0.2, 0.25) is 5.15 Å². The topological polar surface area (TPSA) is 72.0 Å². The molecule has 0 amide bonds. The number of aromatic nitrogens is 2. The maximum Gasteiger partial charge on any atom is 0.233 e. The van der Waals surface area contributed by atoms with Gasteiger partial charge in [-0.1, -0.05) is 24.9 Å². The number of halogens is 1. The van der Waals surface area contributed by atoms with E-state index in [4.69, 9.17) is 11.6 Å². The van der Waals surface area contributed by atoms with Gasteiger partial charge in [-0.2, -0.15) is 0 Å². The van der Waals surface area contributed by atoms with Crippen LogP contribution in [0.25, 0.3) is 0 Å². The number of unbranched alkanes of at least 4 members (excludes halogenated alkanes) is 1. The Bertz CT molecular complexity index is 422. The van der Waals surface area contributed by atoms with E-state index in [1.54, 1.807) is 0 Å². The second-order valence-electron chi connectivity index (χ2n) is 2.97. The van der Waals surface area contributed by atoms with Gasteiger partial charge >= 0.3 is 0 Å². The molecule has 0 aliphatic rings. The molecule has 0 bridgehead atoms. The Balaban J connectivity index is 2.74. The predicted octanol–water partition coefficient (Wildman–Crippen LogP) is 1.67. The van der Waals surface area contributed by atoms with Gasteiger partial charge in [0.15, 0.2) is 11.0 Å². The number of sulfonamides is 1. The Morgan fingerprint density at radius 3 is 2.67 bits per heavy atom. The van der Waals surface area contributed by atoms with E-state index in [-0.39, 0.29) is 16.7 Å². The fourth-order valence-corrected chi connectivity index (χ4v) is 2.35. The van der Waals surface area contributed by atoms with Gasteiger partial charge in [-0.15, -0.1) is 0 Å². The number of rotatable bonds is 5. The minimum Gasteiger partial charge on any atom is -0.265 e. The Morgan fingerprint density at radius 2 is 2.07 bits per heavy atom. The van der Waals surface area contributed by atoms with Gasteiger partial charge < -0.3 is 0 Å². The summed E-state index contributed by atoms with van der Waals surface area (Å²) in [7, 11) is -3.36. The van der Waals surface area contributed by atoms with Gasteiger partial charge in [-0.25, -0.2) is 18.4 Å². The lowest BCUT2D eigenvalue weighted by atomic mass is 10.4. The van der Waals surface area contributed by atoms with Crippen molar-refractivity contribution >= 4 is 27.4 Å². The maximum absolute atomic E-state index is 11.5. The van der Waals surface area contributed by atoms with E-state index in [1.807, 2.05) is 6.92 Å². The van der Waals surface area contributed by atoms with Crippen LogP contribution in [0, 0.1) is 0 Å². The van der Waals surface area contributed by atoms with Crippen molar-refractivity contribution in [1.29, 1.82) is 0 Å². The first-order valence-electron chi connectivity index (χ1n) is 4.52. The van der Waals surface area contributed by atoms with E-state index < -0.39 is 10.0 Å². The zero-order valence-corrected chi connectivity index (χ0v) is 9.85. The quantitative estimate of drug-likeness (QED) is 0.862. The zero-order valence-electron chi connectivity index (χ0n) is 8.27. The van der Waals surface area contributed by atoms with E-state index in [2.05, 4.69) is 14.7 Å². The summed E-state index contributed by atoms with van der Waals surface area (Å²) in [4.78, 5) is 7.51. The fourth-order valence-electron chi connectivity index (χ4n) is 0.922. The highest BCUT2D eigenvalue weighted by atomic mass is 35.5. The molecular formula is C8H12ClN3O2S. The predicted molar refractivity (Wildman–Crippen MR) is 59.4 cm³/mol. The molecule has 1 aromatic rings. The molecular weight excluding hydrogens is 238 g/mol. The van der Waals surface area contributed by atoms with E-state index in [0.717, 1.165) is 6.42 Å². The van der Waals surface area contributed by atoms with Crippen LogP contribution < -0.4 is 4.72 Å². The minimum absolute atomic E-state index is 0.0533. The standard InChI is InChI=1S/C8H12ClN3O2S/c1-2-3-6-15(13,14)12-8-7(9)10-4-5-11-8/h4-5H,2-3,6H2,1H3,(H,11,12). The minimum atomic E-state index is -3.36. The normalized spacial score (nSPS) is 11.3. The first-order valence-corrected chi connectivity index (χ1v) is 6.55.